The van der Waals surface area contributed by atoms with E-state index < -0.39 is 4.92 Å². The van der Waals surface area contributed by atoms with Gasteiger partial charge in [-0.1, -0.05) is 20.8 Å². The van der Waals surface area contributed by atoms with E-state index in [1.54, 1.807) is 0 Å². The number of hydrogen-bond donors (Lipinski definition) is 3. The number of aromatic nitrogens is 1. The van der Waals surface area contributed by atoms with Crippen molar-refractivity contribution in [3.8, 4) is 0 Å². The highest BCUT2D eigenvalue weighted by Crippen LogP contribution is 2.25. The molecular weight excluding hydrogens is 222 g/mol. The Labute approximate surface area is 99.5 Å². The molecule has 94 valence electrons. The molecule has 1 aromatic heterocycles. The lowest BCUT2D eigenvalue weighted by molar-refractivity contribution is -0.384. The highest BCUT2D eigenvalue weighted by atomic mass is 16.6. The summed E-state index contributed by atoms with van der Waals surface area (Å²) in [6.45, 7) is 6.65. The summed E-state index contributed by atoms with van der Waals surface area (Å²) in [5, 5.41) is 13.8. The highest BCUT2D eigenvalue weighted by molar-refractivity contribution is 5.60. The van der Waals surface area contributed by atoms with Crippen molar-refractivity contribution in [3.05, 3.63) is 22.2 Å². The van der Waals surface area contributed by atoms with Crippen LogP contribution in [0.1, 0.15) is 20.8 Å². The summed E-state index contributed by atoms with van der Waals surface area (Å²) in [5.41, 5.74) is 2.30. The van der Waals surface area contributed by atoms with Gasteiger partial charge in [0.05, 0.1) is 4.92 Å². The molecule has 4 N–H and O–H groups in total. The van der Waals surface area contributed by atoms with Crippen molar-refractivity contribution < 1.29 is 4.92 Å². The molecule has 7 nitrogen and oxygen atoms in total. The predicted octanol–water partition coefficient (Wildman–Crippen LogP) is 1.73. The van der Waals surface area contributed by atoms with E-state index in [4.69, 9.17) is 5.84 Å². The monoisotopic (exact) mass is 239 g/mol. The van der Waals surface area contributed by atoms with E-state index in [0.29, 0.717) is 12.4 Å². The second-order valence-corrected chi connectivity index (χ2v) is 4.88. The lowest BCUT2D eigenvalue weighted by Crippen LogP contribution is -2.20. The van der Waals surface area contributed by atoms with Gasteiger partial charge in [0.2, 0.25) is 5.82 Å². The third-order valence-corrected chi connectivity index (χ3v) is 2.00. The quantitative estimate of drug-likeness (QED) is 0.419. The molecule has 1 aromatic rings. The predicted molar refractivity (Wildman–Crippen MR) is 66.6 cm³/mol. The van der Waals surface area contributed by atoms with Gasteiger partial charge < -0.3 is 10.7 Å². The molecule has 17 heavy (non-hydrogen) atoms. The zero-order valence-corrected chi connectivity index (χ0v) is 10.2. The van der Waals surface area contributed by atoms with Gasteiger partial charge in [0, 0.05) is 12.6 Å². The lowest BCUT2D eigenvalue weighted by atomic mass is 9.97. The summed E-state index contributed by atoms with van der Waals surface area (Å²) >= 11 is 0. The fourth-order valence-corrected chi connectivity index (χ4v) is 1.16. The van der Waals surface area contributed by atoms with Crippen molar-refractivity contribution in [2.45, 2.75) is 20.8 Å². The average molecular weight is 239 g/mol. The number of nitrogens with two attached hydrogens (primary N) is 1. The van der Waals surface area contributed by atoms with Crippen LogP contribution in [0.4, 0.5) is 17.3 Å². The molecule has 0 bridgehead atoms. The van der Waals surface area contributed by atoms with Crippen LogP contribution >= 0.6 is 0 Å². The van der Waals surface area contributed by atoms with Crippen LogP contribution in [0.5, 0.6) is 0 Å². The second kappa shape index (κ2) is 4.96. The molecule has 0 radical (unpaired) electrons. The Kier molecular flexibility index (Phi) is 3.84. The Balaban J connectivity index is 2.97. The van der Waals surface area contributed by atoms with E-state index >= 15 is 0 Å². The van der Waals surface area contributed by atoms with Gasteiger partial charge in [-0.05, 0) is 11.5 Å². The molecule has 0 saturated heterocycles. The van der Waals surface area contributed by atoms with E-state index in [2.05, 4.69) is 15.7 Å². The standard InChI is InChI=1S/C10H17N5O2/c1-10(2,3)6-12-9-7(15(16)17)4-5-8(13-9)14-11/h4-5H,6,11H2,1-3H3,(H2,12,13,14). The van der Waals surface area contributed by atoms with Crippen molar-refractivity contribution in [1.82, 2.24) is 4.98 Å². The summed E-state index contributed by atoms with van der Waals surface area (Å²) in [6, 6.07) is 2.83. The molecule has 0 amide bonds. The maximum Gasteiger partial charge on any atom is 0.311 e. The molecule has 0 unspecified atom stereocenters. The molecule has 0 fully saturated rings. The van der Waals surface area contributed by atoms with Crippen LogP contribution in [-0.4, -0.2) is 16.5 Å². The number of nitrogens with zero attached hydrogens (tertiary/aromatic N) is 2. The molecule has 7 heteroatoms. The Morgan fingerprint density at radius 3 is 2.59 bits per heavy atom. The van der Waals surface area contributed by atoms with Crippen LogP contribution in [0, 0.1) is 15.5 Å². The van der Waals surface area contributed by atoms with Crippen molar-refractivity contribution in [2.75, 3.05) is 17.3 Å². The van der Waals surface area contributed by atoms with Crippen LogP contribution < -0.4 is 16.6 Å². The Bertz CT molecular complexity index is 414. The topological polar surface area (TPSA) is 106 Å². The first-order valence-corrected chi connectivity index (χ1v) is 5.19. The minimum atomic E-state index is -0.474. The van der Waals surface area contributed by atoms with E-state index in [-0.39, 0.29) is 16.9 Å². The first-order chi connectivity index (χ1) is 7.83. The number of hydrogen-bond acceptors (Lipinski definition) is 6. The van der Waals surface area contributed by atoms with Crippen molar-refractivity contribution in [2.24, 2.45) is 11.3 Å². The second-order valence-electron chi connectivity index (χ2n) is 4.88. The van der Waals surface area contributed by atoms with Gasteiger partial charge in [0.15, 0.2) is 0 Å². The van der Waals surface area contributed by atoms with Gasteiger partial charge in [-0.2, -0.15) is 0 Å². The van der Waals surface area contributed by atoms with Gasteiger partial charge >= 0.3 is 5.69 Å². The normalized spacial score (nSPS) is 11.1. The van der Waals surface area contributed by atoms with Gasteiger partial charge in [-0.3, -0.25) is 10.1 Å². The van der Waals surface area contributed by atoms with Crippen molar-refractivity contribution >= 4 is 17.3 Å². The maximum atomic E-state index is 10.8. The number of rotatable bonds is 4. The molecular formula is C10H17N5O2. The van der Waals surface area contributed by atoms with Crippen LogP contribution in [0.2, 0.25) is 0 Å². The van der Waals surface area contributed by atoms with E-state index in [0.717, 1.165) is 0 Å². The smallest absolute Gasteiger partial charge is 0.311 e. The van der Waals surface area contributed by atoms with E-state index in [9.17, 15) is 10.1 Å². The Morgan fingerprint density at radius 2 is 2.12 bits per heavy atom. The largest absolute Gasteiger partial charge is 0.364 e. The first kappa shape index (κ1) is 13.2. The minimum Gasteiger partial charge on any atom is -0.364 e. The first-order valence-electron chi connectivity index (χ1n) is 5.19. The minimum absolute atomic E-state index is 0.00168. The van der Waals surface area contributed by atoms with E-state index in [1.165, 1.54) is 12.1 Å². The number of pyridine rings is 1. The van der Waals surface area contributed by atoms with Crippen LogP contribution in [0.25, 0.3) is 0 Å². The molecule has 1 heterocycles. The van der Waals surface area contributed by atoms with Crippen molar-refractivity contribution in [3.63, 3.8) is 0 Å². The third kappa shape index (κ3) is 3.87. The number of nitro groups is 1. The lowest BCUT2D eigenvalue weighted by Gasteiger charge is -2.19. The third-order valence-electron chi connectivity index (χ3n) is 2.00. The van der Waals surface area contributed by atoms with Gasteiger partial charge in [0.1, 0.15) is 5.82 Å². The zero-order valence-electron chi connectivity index (χ0n) is 10.2. The van der Waals surface area contributed by atoms with Gasteiger partial charge in [-0.25, -0.2) is 10.8 Å². The number of nitrogens with one attached hydrogen (secondary N) is 2. The molecule has 0 spiro atoms. The molecule has 0 aliphatic heterocycles. The van der Waals surface area contributed by atoms with Crippen LogP contribution in [0.15, 0.2) is 12.1 Å². The zero-order chi connectivity index (χ0) is 13.1. The maximum absolute atomic E-state index is 10.8. The summed E-state index contributed by atoms with van der Waals surface area (Å²) in [7, 11) is 0. The molecule has 1 rings (SSSR count). The summed E-state index contributed by atoms with van der Waals surface area (Å²) in [5.74, 6) is 5.82. The summed E-state index contributed by atoms with van der Waals surface area (Å²) in [6.07, 6.45) is 0. The molecule has 0 aliphatic carbocycles. The van der Waals surface area contributed by atoms with Crippen LogP contribution in [0.3, 0.4) is 0 Å². The highest BCUT2D eigenvalue weighted by Gasteiger charge is 2.18. The summed E-state index contributed by atoms with van der Waals surface area (Å²) in [4.78, 5) is 14.4. The SMILES string of the molecule is CC(C)(C)CNc1nc(NN)ccc1[N+](=O)[O-]. The van der Waals surface area contributed by atoms with Crippen molar-refractivity contribution in [1.29, 1.82) is 0 Å². The summed E-state index contributed by atoms with van der Waals surface area (Å²) < 4.78 is 0. The molecule has 0 aromatic carbocycles. The number of anilines is 2. The molecule has 0 saturated carbocycles. The fraction of sp³-hybridized carbons (Fsp3) is 0.500. The Morgan fingerprint density at radius 1 is 1.47 bits per heavy atom. The van der Waals surface area contributed by atoms with Gasteiger partial charge in [-0.15, -0.1) is 0 Å². The van der Waals surface area contributed by atoms with Gasteiger partial charge in [0.25, 0.3) is 0 Å². The fourth-order valence-electron chi connectivity index (χ4n) is 1.16. The average Bonchev–Trinajstić information content (AvgIpc) is 2.24. The Hall–Kier alpha value is -1.89. The number of hydrazine groups is 1. The van der Waals surface area contributed by atoms with Crippen LogP contribution in [-0.2, 0) is 0 Å². The van der Waals surface area contributed by atoms with E-state index in [1.807, 2.05) is 20.8 Å². The molecule has 0 atom stereocenters. The molecule has 0 aliphatic rings. The number of nitrogen functional groups attached to an aromatic ring is 1.